The fraction of sp³-hybridized carbons (Fsp3) is 0.133. The fourth-order valence-corrected chi connectivity index (χ4v) is 1.80. The second-order valence-electron chi connectivity index (χ2n) is 4.55. The minimum Gasteiger partial charge on any atom is -0.507 e. The van der Waals surface area contributed by atoms with Crippen LogP contribution in [0.4, 0.5) is 18.9 Å². The maximum absolute atomic E-state index is 12.6. The van der Waals surface area contributed by atoms with Crippen molar-refractivity contribution < 1.29 is 23.1 Å². The number of carbonyl (C=O) groups excluding carboxylic acids is 1. The fourth-order valence-electron chi connectivity index (χ4n) is 1.80. The van der Waals surface area contributed by atoms with Crippen molar-refractivity contribution >= 4 is 11.6 Å². The summed E-state index contributed by atoms with van der Waals surface area (Å²) >= 11 is 0. The number of aromatic hydroxyl groups is 1. The number of anilines is 1. The molecule has 1 amide bonds. The minimum atomic E-state index is -4.48. The smallest absolute Gasteiger partial charge is 0.416 e. The van der Waals surface area contributed by atoms with E-state index in [4.69, 9.17) is 0 Å². The van der Waals surface area contributed by atoms with Gasteiger partial charge in [0.2, 0.25) is 0 Å². The quantitative estimate of drug-likeness (QED) is 0.880. The lowest BCUT2D eigenvalue weighted by atomic mass is 10.1. The zero-order chi connectivity index (χ0) is 15.6. The average Bonchev–Trinajstić information content (AvgIpc) is 2.41. The Hall–Kier alpha value is -2.50. The van der Waals surface area contributed by atoms with Crippen molar-refractivity contribution in [2.75, 3.05) is 5.32 Å². The van der Waals surface area contributed by atoms with Crippen LogP contribution in [0.2, 0.25) is 0 Å². The lowest BCUT2D eigenvalue weighted by Gasteiger charge is -2.10. The maximum atomic E-state index is 12.6. The summed E-state index contributed by atoms with van der Waals surface area (Å²) in [5.74, 6) is -0.902. The monoisotopic (exact) mass is 295 g/mol. The van der Waals surface area contributed by atoms with Crippen LogP contribution >= 0.6 is 0 Å². The van der Waals surface area contributed by atoms with Crippen molar-refractivity contribution in [3.05, 3.63) is 59.2 Å². The molecule has 0 aliphatic rings. The van der Waals surface area contributed by atoms with Gasteiger partial charge >= 0.3 is 6.18 Å². The molecule has 110 valence electrons. The number of benzene rings is 2. The van der Waals surface area contributed by atoms with Crippen molar-refractivity contribution in [3.63, 3.8) is 0 Å². The number of hydrogen-bond acceptors (Lipinski definition) is 2. The summed E-state index contributed by atoms with van der Waals surface area (Å²) in [6.07, 6.45) is -4.48. The Morgan fingerprint density at radius 2 is 1.86 bits per heavy atom. The predicted molar refractivity (Wildman–Crippen MR) is 72.2 cm³/mol. The topological polar surface area (TPSA) is 49.3 Å². The first kappa shape index (κ1) is 14.9. The molecule has 0 heterocycles. The van der Waals surface area contributed by atoms with E-state index in [1.807, 2.05) is 0 Å². The number of phenols is 1. The van der Waals surface area contributed by atoms with Gasteiger partial charge < -0.3 is 10.4 Å². The van der Waals surface area contributed by atoms with Crippen molar-refractivity contribution in [2.24, 2.45) is 0 Å². The van der Waals surface area contributed by atoms with E-state index in [2.05, 4.69) is 5.32 Å². The highest BCUT2D eigenvalue weighted by atomic mass is 19.4. The van der Waals surface area contributed by atoms with Crippen molar-refractivity contribution in [1.29, 1.82) is 0 Å². The molecule has 0 spiro atoms. The van der Waals surface area contributed by atoms with Crippen LogP contribution in [0.15, 0.2) is 42.5 Å². The van der Waals surface area contributed by atoms with E-state index in [0.29, 0.717) is 0 Å². The summed E-state index contributed by atoms with van der Waals surface area (Å²) < 4.78 is 37.8. The molecule has 0 fully saturated rings. The summed E-state index contributed by atoms with van der Waals surface area (Å²) in [6, 6.07) is 8.74. The number of alkyl halides is 3. The van der Waals surface area contributed by atoms with Gasteiger partial charge in [-0.3, -0.25) is 4.79 Å². The van der Waals surface area contributed by atoms with Gasteiger partial charge in [0.15, 0.2) is 0 Å². The molecule has 6 heteroatoms. The summed E-state index contributed by atoms with van der Waals surface area (Å²) in [5.41, 5.74) is -0.0844. The molecule has 2 rings (SSSR count). The molecule has 2 N–H and O–H groups in total. The maximum Gasteiger partial charge on any atom is 0.416 e. The van der Waals surface area contributed by atoms with E-state index in [1.165, 1.54) is 24.3 Å². The zero-order valence-electron chi connectivity index (χ0n) is 11.0. The van der Waals surface area contributed by atoms with Gasteiger partial charge in [-0.15, -0.1) is 0 Å². The molecule has 0 saturated heterocycles. The number of rotatable bonds is 2. The molecule has 2 aromatic rings. The van der Waals surface area contributed by atoms with Crippen LogP contribution in [0.5, 0.6) is 5.75 Å². The molecule has 0 bridgehead atoms. The SMILES string of the molecule is Cc1ccc(O)c(C(=O)Nc2cccc(C(F)(F)F)c2)c1. The van der Waals surface area contributed by atoms with Gasteiger partial charge in [0, 0.05) is 5.69 Å². The number of carbonyl (C=O) groups is 1. The molecular formula is C15H12F3NO2. The van der Waals surface area contributed by atoms with Gasteiger partial charge in [-0.05, 0) is 37.3 Å². The first-order valence-electron chi connectivity index (χ1n) is 6.05. The molecule has 21 heavy (non-hydrogen) atoms. The minimum absolute atomic E-state index is 0.00686. The molecule has 2 aromatic carbocycles. The normalized spacial score (nSPS) is 11.2. The summed E-state index contributed by atoms with van der Waals surface area (Å²) in [7, 11) is 0. The average molecular weight is 295 g/mol. The van der Waals surface area contributed by atoms with E-state index in [9.17, 15) is 23.1 Å². The van der Waals surface area contributed by atoms with Crippen LogP contribution in [-0.4, -0.2) is 11.0 Å². The van der Waals surface area contributed by atoms with E-state index in [0.717, 1.165) is 17.7 Å². The Morgan fingerprint density at radius 3 is 2.52 bits per heavy atom. The van der Waals surface area contributed by atoms with Crippen molar-refractivity contribution in [2.45, 2.75) is 13.1 Å². The molecule has 3 nitrogen and oxygen atoms in total. The highest BCUT2D eigenvalue weighted by Gasteiger charge is 2.30. The number of amides is 1. The Bertz CT molecular complexity index is 681. The van der Waals surface area contributed by atoms with Crippen LogP contribution in [0.1, 0.15) is 21.5 Å². The zero-order valence-corrected chi connectivity index (χ0v) is 11.0. The molecule has 0 aromatic heterocycles. The van der Waals surface area contributed by atoms with E-state index < -0.39 is 17.6 Å². The lowest BCUT2D eigenvalue weighted by molar-refractivity contribution is -0.137. The molecule has 0 aliphatic heterocycles. The summed E-state index contributed by atoms with van der Waals surface area (Å²) in [5, 5.41) is 12.0. The van der Waals surface area contributed by atoms with E-state index >= 15 is 0 Å². The van der Waals surface area contributed by atoms with E-state index in [-0.39, 0.29) is 17.0 Å². The third-order valence-corrected chi connectivity index (χ3v) is 2.84. The van der Waals surface area contributed by atoms with Gasteiger partial charge in [-0.25, -0.2) is 0 Å². The second-order valence-corrected chi connectivity index (χ2v) is 4.55. The number of hydrogen-bond donors (Lipinski definition) is 2. The molecule has 0 radical (unpaired) electrons. The number of nitrogens with one attached hydrogen (secondary N) is 1. The number of aryl methyl sites for hydroxylation is 1. The first-order valence-corrected chi connectivity index (χ1v) is 6.05. The second kappa shape index (κ2) is 5.47. The highest BCUT2D eigenvalue weighted by Crippen LogP contribution is 2.31. The van der Waals surface area contributed by atoms with Gasteiger partial charge in [0.25, 0.3) is 5.91 Å². The molecular weight excluding hydrogens is 283 g/mol. The molecule has 0 saturated carbocycles. The number of halogens is 3. The van der Waals surface area contributed by atoms with Crippen LogP contribution < -0.4 is 5.32 Å². The Kier molecular flexibility index (Phi) is 3.88. The highest BCUT2D eigenvalue weighted by molar-refractivity contribution is 6.06. The summed E-state index contributed by atoms with van der Waals surface area (Å²) in [6.45, 7) is 1.74. The summed E-state index contributed by atoms with van der Waals surface area (Å²) in [4.78, 5) is 12.0. The van der Waals surface area contributed by atoms with Crippen LogP contribution in [0, 0.1) is 6.92 Å². The Morgan fingerprint density at radius 1 is 1.14 bits per heavy atom. The third-order valence-electron chi connectivity index (χ3n) is 2.84. The van der Waals surface area contributed by atoms with E-state index in [1.54, 1.807) is 13.0 Å². The third kappa shape index (κ3) is 3.53. The molecule has 0 aliphatic carbocycles. The van der Waals surface area contributed by atoms with Gasteiger partial charge in [-0.1, -0.05) is 17.7 Å². The Balaban J connectivity index is 2.26. The first-order chi connectivity index (χ1) is 9.77. The van der Waals surface area contributed by atoms with Crippen LogP contribution in [0.3, 0.4) is 0 Å². The van der Waals surface area contributed by atoms with Gasteiger partial charge in [0.05, 0.1) is 11.1 Å². The molecule has 0 unspecified atom stereocenters. The standard InChI is InChI=1S/C15H12F3NO2/c1-9-5-6-13(20)12(7-9)14(21)19-11-4-2-3-10(8-11)15(16,17)18/h2-8,20H,1H3,(H,19,21). The largest absolute Gasteiger partial charge is 0.507 e. The molecule has 0 atom stereocenters. The van der Waals surface area contributed by atoms with Crippen LogP contribution in [0.25, 0.3) is 0 Å². The van der Waals surface area contributed by atoms with Crippen molar-refractivity contribution in [1.82, 2.24) is 0 Å². The van der Waals surface area contributed by atoms with Gasteiger partial charge in [-0.2, -0.15) is 13.2 Å². The van der Waals surface area contributed by atoms with Crippen molar-refractivity contribution in [3.8, 4) is 5.75 Å². The lowest BCUT2D eigenvalue weighted by Crippen LogP contribution is -2.13. The predicted octanol–water partition coefficient (Wildman–Crippen LogP) is 3.97. The van der Waals surface area contributed by atoms with Crippen LogP contribution in [-0.2, 0) is 6.18 Å². The number of phenolic OH excluding ortho intramolecular Hbond substituents is 1. The van der Waals surface area contributed by atoms with Gasteiger partial charge in [0.1, 0.15) is 5.75 Å². The Labute approximate surface area is 119 Å².